The lowest BCUT2D eigenvalue weighted by atomic mass is 10.1. The molecule has 0 atom stereocenters. The van der Waals surface area contributed by atoms with Crippen molar-refractivity contribution in [3.8, 4) is 11.3 Å². The van der Waals surface area contributed by atoms with Crippen molar-refractivity contribution in [1.29, 1.82) is 0 Å². The van der Waals surface area contributed by atoms with Gasteiger partial charge in [0.05, 0.1) is 19.3 Å². The second-order valence-electron chi connectivity index (χ2n) is 7.09. The summed E-state index contributed by atoms with van der Waals surface area (Å²) in [7, 11) is 1.42. The van der Waals surface area contributed by atoms with E-state index in [0.717, 1.165) is 47.9 Å². The molecular weight excluding hydrogens is 418 g/mol. The molecule has 1 aliphatic heterocycles. The van der Waals surface area contributed by atoms with Crippen LogP contribution in [-0.4, -0.2) is 74.1 Å². The van der Waals surface area contributed by atoms with E-state index in [4.69, 9.17) is 20.2 Å². The highest BCUT2D eigenvalue weighted by Crippen LogP contribution is 2.26. The summed E-state index contributed by atoms with van der Waals surface area (Å²) in [6.45, 7) is 2.48. The van der Waals surface area contributed by atoms with Gasteiger partial charge in [0.2, 0.25) is 0 Å². The van der Waals surface area contributed by atoms with Gasteiger partial charge in [-0.3, -0.25) is 9.69 Å². The summed E-state index contributed by atoms with van der Waals surface area (Å²) in [5, 5.41) is 6.40. The molecule has 2 heterocycles. The predicted octanol–water partition coefficient (Wildman–Crippen LogP) is 2.37. The molecule has 1 aliphatic rings. The van der Waals surface area contributed by atoms with Gasteiger partial charge in [0.15, 0.2) is 5.13 Å². The third-order valence-corrected chi connectivity index (χ3v) is 5.64. The van der Waals surface area contributed by atoms with Crippen molar-refractivity contribution in [3.63, 3.8) is 0 Å². The van der Waals surface area contributed by atoms with E-state index in [1.807, 2.05) is 29.6 Å². The van der Waals surface area contributed by atoms with Gasteiger partial charge in [0.1, 0.15) is 6.61 Å². The number of hydrogen-bond acceptors (Lipinski definition) is 9. The molecule has 3 rings (SSSR count). The number of carbonyl (C=O) groups is 2. The highest BCUT2D eigenvalue weighted by atomic mass is 32.1. The molecule has 0 aliphatic carbocycles. The molecule has 1 aromatic heterocycles. The summed E-state index contributed by atoms with van der Waals surface area (Å²) in [5.74, 6) is -0.195. The SMILES string of the molecule is COC(=O)CN1CCC(Nc2nc(-c3ccc(C=NC(=O)OCCN)cc3)cs2)CC1. The molecule has 3 N–H and O–H groups in total. The number of nitrogens with two attached hydrogens (primary N) is 1. The molecular formula is C21H27N5O4S. The highest BCUT2D eigenvalue weighted by molar-refractivity contribution is 7.14. The van der Waals surface area contributed by atoms with Gasteiger partial charge in [0.25, 0.3) is 0 Å². The molecule has 1 saturated heterocycles. The van der Waals surface area contributed by atoms with Crippen LogP contribution < -0.4 is 11.1 Å². The largest absolute Gasteiger partial charge is 0.468 e. The van der Waals surface area contributed by atoms with E-state index in [-0.39, 0.29) is 19.1 Å². The Hall–Kier alpha value is -2.82. The molecule has 166 valence electrons. The summed E-state index contributed by atoms with van der Waals surface area (Å²) in [6.07, 6.45) is 2.71. The van der Waals surface area contributed by atoms with E-state index in [2.05, 4.69) is 15.2 Å². The standard InChI is InChI=1S/C21H27N5O4S/c1-29-19(27)13-26-9-6-17(7-10-26)24-20-25-18(14-31-20)16-4-2-15(3-5-16)12-23-21(28)30-11-8-22/h2-5,12,14,17H,6-11,13,22H2,1H3,(H,24,25). The number of esters is 1. The molecule has 9 nitrogen and oxygen atoms in total. The van der Waals surface area contributed by atoms with E-state index in [9.17, 15) is 9.59 Å². The number of piperidine rings is 1. The molecule has 1 amide bonds. The summed E-state index contributed by atoms with van der Waals surface area (Å²) in [6, 6.07) is 7.97. The summed E-state index contributed by atoms with van der Waals surface area (Å²) >= 11 is 1.57. The molecule has 31 heavy (non-hydrogen) atoms. The zero-order valence-corrected chi connectivity index (χ0v) is 18.3. The second-order valence-corrected chi connectivity index (χ2v) is 7.95. The number of aliphatic imine (C=N–C) groups is 1. The summed E-state index contributed by atoms with van der Waals surface area (Å²) < 4.78 is 9.53. The number of benzene rings is 1. The zero-order chi connectivity index (χ0) is 22.1. The van der Waals surface area contributed by atoms with Gasteiger partial charge in [-0.05, 0) is 18.4 Å². The molecule has 0 radical (unpaired) electrons. The van der Waals surface area contributed by atoms with Gasteiger partial charge in [0, 0.05) is 42.8 Å². The number of methoxy groups -OCH3 is 1. The lowest BCUT2D eigenvalue weighted by molar-refractivity contribution is -0.142. The predicted molar refractivity (Wildman–Crippen MR) is 121 cm³/mol. The maximum Gasteiger partial charge on any atom is 0.433 e. The monoisotopic (exact) mass is 445 g/mol. The average molecular weight is 446 g/mol. The number of amides is 1. The molecule has 1 fully saturated rings. The number of thiazole rings is 1. The summed E-state index contributed by atoms with van der Waals surface area (Å²) in [5.41, 5.74) is 7.95. The van der Waals surface area contributed by atoms with Gasteiger partial charge in [-0.25, -0.2) is 9.78 Å². The quantitative estimate of drug-likeness (QED) is 0.470. The van der Waals surface area contributed by atoms with Crippen LogP contribution in [0.3, 0.4) is 0 Å². The number of nitrogens with one attached hydrogen (secondary N) is 1. The van der Waals surface area contributed by atoms with Crippen LogP contribution in [0.25, 0.3) is 11.3 Å². The fraction of sp³-hybridized carbons (Fsp3) is 0.429. The molecule has 1 aromatic carbocycles. The maximum absolute atomic E-state index is 11.4. The number of nitrogens with zero attached hydrogens (tertiary/aromatic N) is 3. The van der Waals surface area contributed by atoms with Crippen LogP contribution in [0.5, 0.6) is 0 Å². The lowest BCUT2D eigenvalue weighted by Crippen LogP contribution is -2.41. The van der Waals surface area contributed by atoms with Crippen LogP contribution in [-0.2, 0) is 14.3 Å². The first-order chi connectivity index (χ1) is 15.1. The maximum atomic E-state index is 11.4. The van der Waals surface area contributed by atoms with E-state index >= 15 is 0 Å². The van der Waals surface area contributed by atoms with Crippen molar-refractivity contribution in [3.05, 3.63) is 35.2 Å². The molecule has 0 bridgehead atoms. The van der Waals surface area contributed by atoms with E-state index in [0.29, 0.717) is 12.6 Å². The van der Waals surface area contributed by atoms with Crippen molar-refractivity contribution >= 4 is 34.7 Å². The van der Waals surface area contributed by atoms with Gasteiger partial charge >= 0.3 is 12.1 Å². The van der Waals surface area contributed by atoms with Crippen LogP contribution in [0, 0.1) is 0 Å². The number of aromatic nitrogens is 1. The lowest BCUT2D eigenvalue weighted by Gasteiger charge is -2.31. The van der Waals surface area contributed by atoms with Gasteiger partial charge in [-0.2, -0.15) is 4.99 Å². The number of likely N-dealkylation sites (tertiary alicyclic amines) is 1. The van der Waals surface area contributed by atoms with Crippen LogP contribution >= 0.6 is 11.3 Å². The van der Waals surface area contributed by atoms with Crippen molar-refractivity contribution in [2.75, 3.05) is 45.2 Å². The van der Waals surface area contributed by atoms with E-state index < -0.39 is 6.09 Å². The van der Waals surface area contributed by atoms with Crippen LogP contribution in [0.1, 0.15) is 18.4 Å². The number of ether oxygens (including phenoxy) is 2. The Bertz CT molecular complexity index is 891. The van der Waals surface area contributed by atoms with Crippen molar-refractivity contribution < 1.29 is 19.1 Å². The minimum Gasteiger partial charge on any atom is -0.468 e. The highest BCUT2D eigenvalue weighted by Gasteiger charge is 2.21. The third-order valence-electron chi connectivity index (χ3n) is 4.87. The number of anilines is 1. The van der Waals surface area contributed by atoms with Crippen molar-refractivity contribution in [1.82, 2.24) is 9.88 Å². The zero-order valence-electron chi connectivity index (χ0n) is 17.5. The second kappa shape index (κ2) is 11.5. The van der Waals surface area contributed by atoms with Crippen LogP contribution in [0.2, 0.25) is 0 Å². The minimum atomic E-state index is -0.652. The molecule has 10 heteroatoms. The van der Waals surface area contributed by atoms with Crippen LogP contribution in [0.4, 0.5) is 9.93 Å². The first kappa shape index (κ1) is 22.9. The van der Waals surface area contributed by atoms with Gasteiger partial charge in [-0.1, -0.05) is 24.3 Å². The Morgan fingerprint density at radius 2 is 2.06 bits per heavy atom. The Morgan fingerprint density at radius 1 is 1.32 bits per heavy atom. The molecule has 0 saturated carbocycles. The smallest absolute Gasteiger partial charge is 0.433 e. The van der Waals surface area contributed by atoms with E-state index in [1.54, 1.807) is 11.3 Å². The minimum absolute atomic E-state index is 0.155. The Labute approximate surface area is 185 Å². The van der Waals surface area contributed by atoms with Gasteiger partial charge < -0.3 is 20.5 Å². The van der Waals surface area contributed by atoms with Crippen LogP contribution in [0.15, 0.2) is 34.6 Å². The average Bonchev–Trinajstić information content (AvgIpc) is 3.26. The summed E-state index contributed by atoms with van der Waals surface area (Å²) in [4.78, 5) is 33.3. The molecule has 2 aromatic rings. The fourth-order valence-corrected chi connectivity index (χ4v) is 3.98. The Morgan fingerprint density at radius 3 is 2.74 bits per heavy atom. The third kappa shape index (κ3) is 7.12. The van der Waals surface area contributed by atoms with Crippen molar-refractivity contribution in [2.24, 2.45) is 10.7 Å². The normalized spacial score (nSPS) is 15.2. The van der Waals surface area contributed by atoms with E-state index in [1.165, 1.54) is 13.3 Å². The number of carbonyl (C=O) groups excluding carboxylic acids is 2. The number of rotatable bonds is 8. The van der Waals surface area contributed by atoms with Gasteiger partial charge in [-0.15, -0.1) is 11.3 Å². The Balaban J connectivity index is 1.50. The topological polar surface area (TPSA) is 119 Å². The first-order valence-electron chi connectivity index (χ1n) is 10.1. The first-order valence-corrected chi connectivity index (χ1v) is 11.0. The molecule has 0 unspecified atom stereocenters. The number of hydrogen-bond donors (Lipinski definition) is 2. The fourth-order valence-electron chi connectivity index (χ4n) is 3.18. The van der Waals surface area contributed by atoms with Crippen molar-refractivity contribution in [2.45, 2.75) is 18.9 Å². The Kier molecular flexibility index (Phi) is 8.51. The molecule has 0 spiro atoms.